The lowest BCUT2D eigenvalue weighted by Crippen LogP contribution is -2.37. The number of hydrogen-bond acceptors (Lipinski definition) is 11. The minimum Gasteiger partial charge on any atom is -0.396 e. The lowest BCUT2D eigenvalue weighted by atomic mass is 10.1. The van der Waals surface area contributed by atoms with Gasteiger partial charge < -0.3 is 24.8 Å². The molecule has 0 saturated carbocycles. The first kappa shape index (κ1) is 27.9. The number of rotatable bonds is 12. The van der Waals surface area contributed by atoms with Crippen LogP contribution >= 0.6 is 11.9 Å². The highest BCUT2D eigenvalue weighted by atomic mass is 32.2. The van der Waals surface area contributed by atoms with E-state index in [0.717, 1.165) is 0 Å². The van der Waals surface area contributed by atoms with Gasteiger partial charge in [0, 0.05) is 50.0 Å². The Bertz CT molecular complexity index is 1420. The number of anilines is 3. The monoisotopic (exact) mass is 568 g/mol. The van der Waals surface area contributed by atoms with Gasteiger partial charge in [-0.05, 0) is 37.1 Å². The Morgan fingerprint density at radius 2 is 1.85 bits per heavy atom. The fourth-order valence-electron chi connectivity index (χ4n) is 4.15. The third kappa shape index (κ3) is 6.54. The number of aliphatic hydroxyl groups excluding tert-OH is 1. The molecule has 1 aliphatic rings. The smallest absolute Gasteiger partial charge is 0.222 e. The molecule has 210 valence electrons. The van der Waals surface area contributed by atoms with Crippen molar-refractivity contribution in [2.24, 2.45) is 0 Å². The average molecular weight is 569 g/mol. The number of hydrogen-bond donors (Lipinski definition) is 3. The van der Waals surface area contributed by atoms with Crippen LogP contribution in [0.25, 0.3) is 33.7 Å². The van der Waals surface area contributed by atoms with Crippen molar-refractivity contribution >= 4 is 40.4 Å². The number of nitrogens with one attached hydrogen (secondary N) is 2. The van der Waals surface area contributed by atoms with Crippen molar-refractivity contribution in [2.75, 3.05) is 66.8 Å². The first-order valence-corrected chi connectivity index (χ1v) is 14.1. The van der Waals surface area contributed by atoms with Crippen LogP contribution < -0.4 is 14.9 Å². The zero-order chi connectivity index (χ0) is 27.7. The SMILES string of the molecule is OCCCNc1ncc(-c2nc(N3CCOCC3)c3nc(-c4cccc(NSCCCF)c4F)ccc3n2)cn1. The van der Waals surface area contributed by atoms with E-state index in [0.29, 0.717) is 103 Å². The Kier molecular flexibility index (Phi) is 9.47. The van der Waals surface area contributed by atoms with Crippen molar-refractivity contribution in [2.45, 2.75) is 12.8 Å². The molecule has 1 saturated heterocycles. The van der Waals surface area contributed by atoms with Gasteiger partial charge in [-0.25, -0.2) is 29.3 Å². The van der Waals surface area contributed by atoms with E-state index in [4.69, 9.17) is 24.8 Å². The van der Waals surface area contributed by atoms with Gasteiger partial charge in [0.1, 0.15) is 5.52 Å². The van der Waals surface area contributed by atoms with E-state index in [1.165, 1.54) is 11.9 Å². The molecular weight excluding hydrogens is 538 g/mol. The number of ether oxygens (including phenoxy) is 1. The van der Waals surface area contributed by atoms with Crippen molar-refractivity contribution in [1.82, 2.24) is 24.9 Å². The summed E-state index contributed by atoms with van der Waals surface area (Å²) in [7, 11) is 0. The van der Waals surface area contributed by atoms with Crippen LogP contribution in [0.15, 0.2) is 42.7 Å². The van der Waals surface area contributed by atoms with Crippen LogP contribution in [0.1, 0.15) is 12.8 Å². The van der Waals surface area contributed by atoms with E-state index in [9.17, 15) is 4.39 Å². The number of fused-ring (bicyclic) bond motifs is 1. The Morgan fingerprint density at radius 1 is 1.02 bits per heavy atom. The summed E-state index contributed by atoms with van der Waals surface area (Å²) in [4.78, 5) is 25.2. The van der Waals surface area contributed by atoms with E-state index in [1.54, 1.807) is 36.7 Å². The maximum Gasteiger partial charge on any atom is 0.222 e. The lowest BCUT2D eigenvalue weighted by Gasteiger charge is -2.28. The van der Waals surface area contributed by atoms with E-state index in [1.807, 2.05) is 6.07 Å². The van der Waals surface area contributed by atoms with Crippen molar-refractivity contribution in [3.63, 3.8) is 0 Å². The first-order chi connectivity index (χ1) is 19.7. The molecule has 4 heterocycles. The van der Waals surface area contributed by atoms with Gasteiger partial charge in [-0.3, -0.25) is 4.39 Å². The van der Waals surface area contributed by atoms with Gasteiger partial charge in [0.25, 0.3) is 0 Å². The molecule has 40 heavy (non-hydrogen) atoms. The highest BCUT2D eigenvalue weighted by molar-refractivity contribution is 8.00. The summed E-state index contributed by atoms with van der Waals surface area (Å²) >= 11 is 1.26. The Balaban J connectivity index is 1.50. The summed E-state index contributed by atoms with van der Waals surface area (Å²) in [5.74, 6) is 1.64. The summed E-state index contributed by atoms with van der Waals surface area (Å²) in [6, 6.07) is 8.64. The van der Waals surface area contributed by atoms with Crippen LogP contribution in [0.5, 0.6) is 0 Å². The van der Waals surface area contributed by atoms with Crippen molar-refractivity contribution in [3.8, 4) is 22.6 Å². The Hall–Kier alpha value is -3.68. The van der Waals surface area contributed by atoms with Crippen LogP contribution in [0.3, 0.4) is 0 Å². The van der Waals surface area contributed by atoms with Crippen molar-refractivity contribution in [3.05, 3.63) is 48.5 Å². The van der Waals surface area contributed by atoms with Crippen molar-refractivity contribution in [1.29, 1.82) is 0 Å². The van der Waals surface area contributed by atoms with Gasteiger partial charge >= 0.3 is 0 Å². The molecule has 0 unspecified atom stereocenters. The molecule has 1 fully saturated rings. The molecule has 1 aromatic carbocycles. The molecule has 0 radical (unpaired) electrons. The van der Waals surface area contributed by atoms with Gasteiger partial charge in [0.15, 0.2) is 17.5 Å². The van der Waals surface area contributed by atoms with E-state index >= 15 is 4.39 Å². The van der Waals surface area contributed by atoms with Gasteiger partial charge in [0.2, 0.25) is 5.95 Å². The third-order valence-electron chi connectivity index (χ3n) is 6.20. The number of aliphatic hydroxyl groups is 1. The fourth-order valence-corrected chi connectivity index (χ4v) is 4.82. The van der Waals surface area contributed by atoms with Gasteiger partial charge in [0.05, 0.1) is 42.3 Å². The fraction of sp³-hybridized carbons (Fsp3) is 0.370. The molecule has 0 atom stereocenters. The van der Waals surface area contributed by atoms with E-state index in [-0.39, 0.29) is 6.61 Å². The van der Waals surface area contributed by atoms with E-state index < -0.39 is 12.5 Å². The Morgan fingerprint density at radius 3 is 2.62 bits per heavy atom. The number of morpholine rings is 1. The van der Waals surface area contributed by atoms with E-state index in [2.05, 4.69) is 24.9 Å². The highest BCUT2D eigenvalue weighted by Gasteiger charge is 2.21. The lowest BCUT2D eigenvalue weighted by molar-refractivity contribution is 0.122. The first-order valence-electron chi connectivity index (χ1n) is 13.1. The predicted octanol–water partition coefficient (Wildman–Crippen LogP) is 4.34. The third-order valence-corrected chi connectivity index (χ3v) is 7.06. The van der Waals surface area contributed by atoms with Crippen LogP contribution in [-0.4, -0.2) is 81.9 Å². The summed E-state index contributed by atoms with van der Waals surface area (Å²) in [5, 5.41) is 12.0. The minimum atomic E-state index is -0.433. The average Bonchev–Trinajstić information content (AvgIpc) is 3.00. The summed E-state index contributed by atoms with van der Waals surface area (Å²) < 4.78 is 36.4. The Labute approximate surface area is 234 Å². The summed E-state index contributed by atoms with van der Waals surface area (Å²) in [6.45, 7) is 2.62. The second kappa shape index (κ2) is 13.6. The topological polar surface area (TPSA) is 121 Å². The van der Waals surface area contributed by atoms with Crippen LogP contribution in [-0.2, 0) is 4.74 Å². The quantitative estimate of drug-likeness (QED) is 0.167. The molecule has 13 heteroatoms. The number of aromatic nitrogens is 5. The van der Waals surface area contributed by atoms with Gasteiger partial charge in [-0.15, -0.1) is 0 Å². The van der Waals surface area contributed by atoms with Crippen LogP contribution in [0, 0.1) is 5.82 Å². The molecule has 3 aromatic heterocycles. The highest BCUT2D eigenvalue weighted by Crippen LogP contribution is 2.32. The summed E-state index contributed by atoms with van der Waals surface area (Å²) in [5.41, 5.74) is 2.92. The second-order valence-electron chi connectivity index (χ2n) is 8.99. The largest absolute Gasteiger partial charge is 0.396 e. The van der Waals surface area contributed by atoms with Crippen molar-refractivity contribution < 1.29 is 18.6 Å². The molecule has 4 aromatic rings. The number of benzene rings is 1. The number of nitrogens with zero attached hydrogens (tertiary/aromatic N) is 6. The van der Waals surface area contributed by atoms with Crippen LogP contribution in [0.4, 0.5) is 26.2 Å². The normalized spacial score (nSPS) is 13.5. The standard InChI is InChI=1S/C27H30F2N8O2S/c28-8-2-15-40-36-21-5-1-4-19(23(21)29)20-6-7-22-24(33-20)26(37-10-13-39-14-11-37)35-25(34-22)18-16-31-27(32-17-18)30-9-3-12-38/h1,4-7,16-17,36,38H,2-3,8-15H2,(H,30,31,32). The molecule has 10 nitrogen and oxygen atoms in total. The van der Waals surface area contributed by atoms with Gasteiger partial charge in [-0.2, -0.15) is 0 Å². The molecule has 0 bridgehead atoms. The molecule has 3 N–H and O–H groups in total. The molecule has 0 amide bonds. The molecular formula is C27H30F2N8O2S. The number of pyridine rings is 1. The molecule has 0 spiro atoms. The number of alkyl halides is 1. The predicted molar refractivity (Wildman–Crippen MR) is 154 cm³/mol. The molecule has 1 aliphatic heterocycles. The zero-order valence-electron chi connectivity index (χ0n) is 21.8. The minimum absolute atomic E-state index is 0.0890. The maximum absolute atomic E-state index is 15.5. The number of halogens is 2. The van der Waals surface area contributed by atoms with Crippen LogP contribution in [0.2, 0.25) is 0 Å². The summed E-state index contributed by atoms with van der Waals surface area (Å²) in [6.07, 6.45) is 4.30. The zero-order valence-corrected chi connectivity index (χ0v) is 22.6. The second-order valence-corrected chi connectivity index (χ2v) is 9.89. The molecule has 0 aliphatic carbocycles. The van der Waals surface area contributed by atoms with Gasteiger partial charge in [-0.1, -0.05) is 18.0 Å². The maximum atomic E-state index is 15.5. The molecule has 5 rings (SSSR count).